The molecular formula is C14H12Br2N2O. The first-order chi connectivity index (χ1) is 8.95. The highest BCUT2D eigenvalue weighted by atomic mass is 79.9. The van der Waals surface area contributed by atoms with E-state index in [-0.39, 0.29) is 5.91 Å². The number of carbonyl (C=O) groups excluding carboxylic acids is 1. The maximum atomic E-state index is 12.2. The zero-order valence-electron chi connectivity index (χ0n) is 10.2. The van der Waals surface area contributed by atoms with Crippen molar-refractivity contribution in [1.82, 2.24) is 0 Å². The lowest BCUT2D eigenvalue weighted by atomic mass is 10.1. The lowest BCUT2D eigenvalue weighted by Gasteiger charge is -2.09. The summed E-state index contributed by atoms with van der Waals surface area (Å²) >= 11 is 6.73. The summed E-state index contributed by atoms with van der Waals surface area (Å²) in [5, 5.41) is 2.87. The fourth-order valence-electron chi connectivity index (χ4n) is 1.71. The topological polar surface area (TPSA) is 55.1 Å². The number of hydrogen-bond donors (Lipinski definition) is 2. The summed E-state index contributed by atoms with van der Waals surface area (Å²) < 4.78 is 1.70. The third kappa shape index (κ3) is 3.58. The Labute approximate surface area is 128 Å². The number of nitrogen functional groups attached to an aromatic ring is 1. The molecule has 0 heterocycles. The van der Waals surface area contributed by atoms with E-state index in [1.165, 1.54) is 0 Å². The molecule has 0 aliphatic rings. The number of rotatable bonds is 2. The molecule has 0 radical (unpaired) electrons. The van der Waals surface area contributed by atoms with Crippen LogP contribution in [0.15, 0.2) is 45.3 Å². The van der Waals surface area contributed by atoms with Gasteiger partial charge in [0.15, 0.2) is 0 Å². The highest BCUT2D eigenvalue weighted by molar-refractivity contribution is 9.11. The van der Waals surface area contributed by atoms with Gasteiger partial charge in [-0.15, -0.1) is 0 Å². The van der Waals surface area contributed by atoms with Gasteiger partial charge in [-0.2, -0.15) is 0 Å². The minimum Gasteiger partial charge on any atom is -0.399 e. The predicted octanol–water partition coefficient (Wildman–Crippen LogP) is 4.35. The summed E-state index contributed by atoms with van der Waals surface area (Å²) in [6.45, 7) is 1.91. The lowest BCUT2D eigenvalue weighted by molar-refractivity contribution is 0.102. The second-order valence-electron chi connectivity index (χ2n) is 4.19. The highest BCUT2D eigenvalue weighted by Crippen LogP contribution is 2.22. The molecule has 0 unspecified atom stereocenters. The minimum absolute atomic E-state index is 0.158. The molecule has 0 saturated carbocycles. The zero-order valence-corrected chi connectivity index (χ0v) is 13.4. The van der Waals surface area contributed by atoms with Gasteiger partial charge in [-0.1, -0.05) is 31.9 Å². The molecule has 19 heavy (non-hydrogen) atoms. The first-order valence-electron chi connectivity index (χ1n) is 5.59. The van der Waals surface area contributed by atoms with Crippen LogP contribution in [0.1, 0.15) is 15.9 Å². The van der Waals surface area contributed by atoms with Crippen LogP contribution in [0.25, 0.3) is 0 Å². The molecule has 2 aromatic carbocycles. The summed E-state index contributed by atoms with van der Waals surface area (Å²) in [5.41, 5.74) is 8.64. The molecule has 0 bridgehead atoms. The van der Waals surface area contributed by atoms with Crippen LogP contribution < -0.4 is 11.1 Å². The Morgan fingerprint density at radius 3 is 2.32 bits per heavy atom. The van der Waals surface area contributed by atoms with Gasteiger partial charge >= 0.3 is 0 Å². The summed E-state index contributed by atoms with van der Waals surface area (Å²) in [4.78, 5) is 12.2. The highest BCUT2D eigenvalue weighted by Gasteiger charge is 2.09. The summed E-state index contributed by atoms with van der Waals surface area (Å²) in [5.74, 6) is -0.158. The fraction of sp³-hybridized carbons (Fsp3) is 0.0714. The van der Waals surface area contributed by atoms with E-state index in [9.17, 15) is 4.79 Å². The summed E-state index contributed by atoms with van der Waals surface area (Å²) in [6, 6.07) is 10.8. The van der Waals surface area contributed by atoms with E-state index in [1.807, 2.05) is 19.1 Å². The van der Waals surface area contributed by atoms with E-state index in [1.54, 1.807) is 24.3 Å². The van der Waals surface area contributed by atoms with E-state index in [0.29, 0.717) is 11.3 Å². The number of hydrogen-bond acceptors (Lipinski definition) is 2. The Morgan fingerprint density at radius 1 is 1.11 bits per heavy atom. The van der Waals surface area contributed by atoms with Gasteiger partial charge in [0, 0.05) is 25.9 Å². The molecule has 0 fully saturated rings. The monoisotopic (exact) mass is 382 g/mol. The van der Waals surface area contributed by atoms with Crippen LogP contribution in [-0.2, 0) is 0 Å². The summed E-state index contributed by atoms with van der Waals surface area (Å²) in [7, 11) is 0. The Kier molecular flexibility index (Phi) is 4.27. The average Bonchev–Trinajstić information content (AvgIpc) is 2.31. The van der Waals surface area contributed by atoms with Crippen molar-refractivity contribution in [3.05, 3.63) is 56.5 Å². The van der Waals surface area contributed by atoms with Gasteiger partial charge < -0.3 is 11.1 Å². The van der Waals surface area contributed by atoms with Gasteiger partial charge in [0.2, 0.25) is 0 Å². The van der Waals surface area contributed by atoms with Crippen LogP contribution in [0.5, 0.6) is 0 Å². The second kappa shape index (κ2) is 5.75. The number of amides is 1. The van der Waals surface area contributed by atoms with Crippen LogP contribution in [-0.4, -0.2) is 5.91 Å². The number of aryl methyl sites for hydroxylation is 1. The largest absolute Gasteiger partial charge is 0.399 e. The van der Waals surface area contributed by atoms with E-state index in [0.717, 1.165) is 20.2 Å². The van der Waals surface area contributed by atoms with Gasteiger partial charge in [-0.25, -0.2) is 0 Å². The molecule has 0 aliphatic heterocycles. The van der Waals surface area contributed by atoms with Gasteiger partial charge in [0.25, 0.3) is 5.91 Å². The van der Waals surface area contributed by atoms with Crippen molar-refractivity contribution in [2.75, 3.05) is 11.1 Å². The van der Waals surface area contributed by atoms with Crippen LogP contribution in [0.2, 0.25) is 0 Å². The Morgan fingerprint density at radius 2 is 1.74 bits per heavy atom. The fourth-order valence-corrected chi connectivity index (χ4v) is 3.00. The van der Waals surface area contributed by atoms with E-state index >= 15 is 0 Å². The van der Waals surface area contributed by atoms with Gasteiger partial charge in [-0.05, 0) is 48.9 Å². The first-order valence-corrected chi connectivity index (χ1v) is 7.18. The smallest absolute Gasteiger partial charge is 0.255 e. The van der Waals surface area contributed by atoms with Crippen molar-refractivity contribution in [2.45, 2.75) is 6.92 Å². The molecule has 0 aliphatic carbocycles. The van der Waals surface area contributed by atoms with Crippen LogP contribution in [0.4, 0.5) is 11.4 Å². The van der Waals surface area contributed by atoms with Gasteiger partial charge in [-0.3, -0.25) is 4.79 Å². The number of carbonyl (C=O) groups is 1. The quantitative estimate of drug-likeness (QED) is 0.757. The zero-order chi connectivity index (χ0) is 14.0. The number of benzene rings is 2. The summed E-state index contributed by atoms with van der Waals surface area (Å²) in [6.07, 6.45) is 0. The SMILES string of the molecule is Cc1cc(N)ccc1NC(=O)c1cc(Br)cc(Br)c1. The maximum absolute atomic E-state index is 12.2. The molecular weight excluding hydrogens is 372 g/mol. The van der Waals surface area contributed by atoms with E-state index in [4.69, 9.17) is 5.73 Å². The number of nitrogens with two attached hydrogens (primary N) is 1. The molecule has 3 nitrogen and oxygen atoms in total. The molecule has 0 saturated heterocycles. The number of anilines is 2. The molecule has 3 N–H and O–H groups in total. The molecule has 2 rings (SSSR count). The lowest BCUT2D eigenvalue weighted by Crippen LogP contribution is -2.13. The Hall–Kier alpha value is -1.33. The van der Waals surface area contributed by atoms with E-state index in [2.05, 4.69) is 37.2 Å². The third-order valence-electron chi connectivity index (χ3n) is 2.62. The molecule has 0 spiro atoms. The average molecular weight is 384 g/mol. The first kappa shape index (κ1) is 14.1. The Bertz CT molecular complexity index is 621. The van der Waals surface area contributed by atoms with Crippen molar-refractivity contribution < 1.29 is 4.79 Å². The van der Waals surface area contributed by atoms with Crippen LogP contribution in [0.3, 0.4) is 0 Å². The number of nitrogens with one attached hydrogen (secondary N) is 1. The minimum atomic E-state index is -0.158. The van der Waals surface area contributed by atoms with Crippen LogP contribution >= 0.6 is 31.9 Å². The second-order valence-corrected chi connectivity index (χ2v) is 6.02. The third-order valence-corrected chi connectivity index (χ3v) is 3.54. The molecule has 1 amide bonds. The van der Waals surface area contributed by atoms with Crippen molar-refractivity contribution in [3.63, 3.8) is 0 Å². The molecule has 0 aromatic heterocycles. The van der Waals surface area contributed by atoms with Crippen molar-refractivity contribution in [3.8, 4) is 0 Å². The normalized spacial score (nSPS) is 10.3. The predicted molar refractivity (Wildman–Crippen MR) is 85.4 cm³/mol. The van der Waals surface area contributed by atoms with Gasteiger partial charge in [0.1, 0.15) is 0 Å². The van der Waals surface area contributed by atoms with Crippen molar-refractivity contribution >= 4 is 49.1 Å². The molecule has 2 aromatic rings. The molecule has 5 heteroatoms. The van der Waals surface area contributed by atoms with Crippen molar-refractivity contribution in [2.24, 2.45) is 0 Å². The molecule has 98 valence electrons. The van der Waals surface area contributed by atoms with Crippen LogP contribution in [0, 0.1) is 6.92 Å². The van der Waals surface area contributed by atoms with E-state index < -0.39 is 0 Å². The van der Waals surface area contributed by atoms with Crippen molar-refractivity contribution in [1.29, 1.82) is 0 Å². The Balaban J connectivity index is 2.25. The molecule has 0 atom stereocenters. The maximum Gasteiger partial charge on any atom is 0.255 e. The van der Waals surface area contributed by atoms with Gasteiger partial charge in [0.05, 0.1) is 0 Å². The standard InChI is InChI=1S/C14H12Br2N2O/c1-8-4-12(17)2-3-13(8)18-14(19)9-5-10(15)7-11(16)6-9/h2-7H,17H2,1H3,(H,18,19). The number of halogens is 2.